The van der Waals surface area contributed by atoms with Gasteiger partial charge in [0.15, 0.2) is 5.15 Å². The van der Waals surface area contributed by atoms with Crippen LogP contribution in [0, 0.1) is 5.92 Å². The van der Waals surface area contributed by atoms with Crippen molar-refractivity contribution in [3.63, 3.8) is 0 Å². The number of alkyl carbamates (subject to hydrolysis) is 1. The lowest BCUT2D eigenvalue weighted by Gasteiger charge is -2.45. The average Bonchev–Trinajstić information content (AvgIpc) is 3.09. The molecule has 1 amide bonds. The van der Waals surface area contributed by atoms with Gasteiger partial charge in [-0.05, 0) is 58.4 Å². The standard InChI is InChI=1S/C23H31ClN4O3/c1-22(2,3)31-21(29)27-12-14-10-23(11-14)9-8-15(30-23)13-26-19-16-6-4-5-7-17(16)28-20(24)18(19)25/h4-7,14-15H,8-13,25H2,1-3H3,(H,26,28)(H,27,29). The number of pyridine rings is 1. The number of carbonyl (C=O) groups is 1. The Hall–Kier alpha value is -2.25. The number of hydrogen-bond acceptors (Lipinski definition) is 6. The minimum atomic E-state index is -0.479. The number of nitrogens with one attached hydrogen (secondary N) is 2. The van der Waals surface area contributed by atoms with Crippen LogP contribution in [0.25, 0.3) is 10.9 Å². The first-order valence-electron chi connectivity index (χ1n) is 10.9. The molecule has 7 nitrogen and oxygen atoms in total. The summed E-state index contributed by atoms with van der Waals surface area (Å²) < 4.78 is 11.7. The molecule has 1 aliphatic carbocycles. The van der Waals surface area contributed by atoms with Crippen LogP contribution in [0.3, 0.4) is 0 Å². The molecule has 1 aliphatic heterocycles. The van der Waals surface area contributed by atoms with Gasteiger partial charge in [0.25, 0.3) is 0 Å². The molecule has 2 aliphatic rings. The number of para-hydroxylation sites is 1. The molecule has 168 valence electrons. The van der Waals surface area contributed by atoms with Crippen LogP contribution in [0.2, 0.25) is 5.15 Å². The van der Waals surface area contributed by atoms with Crippen LogP contribution in [-0.4, -0.2) is 41.5 Å². The van der Waals surface area contributed by atoms with Gasteiger partial charge in [0.05, 0.1) is 28.6 Å². The highest BCUT2D eigenvalue weighted by molar-refractivity contribution is 6.33. The predicted octanol–water partition coefficient (Wildman–Crippen LogP) is 4.73. The van der Waals surface area contributed by atoms with Crippen molar-refractivity contribution >= 4 is 40.0 Å². The average molecular weight is 447 g/mol. The zero-order valence-electron chi connectivity index (χ0n) is 18.3. The van der Waals surface area contributed by atoms with Crippen molar-refractivity contribution in [2.24, 2.45) is 5.92 Å². The van der Waals surface area contributed by atoms with Crippen LogP contribution >= 0.6 is 11.6 Å². The van der Waals surface area contributed by atoms with Crippen LogP contribution in [0.5, 0.6) is 0 Å². The zero-order valence-corrected chi connectivity index (χ0v) is 19.1. The summed E-state index contributed by atoms with van der Waals surface area (Å²) >= 11 is 6.22. The number of ether oxygens (including phenoxy) is 2. The highest BCUT2D eigenvalue weighted by Gasteiger charge is 2.50. The minimum Gasteiger partial charge on any atom is -0.444 e. The van der Waals surface area contributed by atoms with Crippen LogP contribution in [0.4, 0.5) is 16.2 Å². The summed E-state index contributed by atoms with van der Waals surface area (Å²) in [6, 6.07) is 7.80. The molecular formula is C23H31ClN4O3. The molecule has 0 radical (unpaired) electrons. The molecular weight excluding hydrogens is 416 g/mol. The number of nitrogen functional groups attached to an aromatic ring is 1. The van der Waals surface area contributed by atoms with Gasteiger partial charge in [-0.1, -0.05) is 29.8 Å². The van der Waals surface area contributed by atoms with Gasteiger partial charge in [0, 0.05) is 18.5 Å². The number of benzene rings is 1. The molecule has 8 heteroatoms. The first-order chi connectivity index (χ1) is 14.6. The van der Waals surface area contributed by atoms with E-state index in [0.717, 1.165) is 42.3 Å². The summed E-state index contributed by atoms with van der Waals surface area (Å²) in [4.78, 5) is 16.2. The summed E-state index contributed by atoms with van der Waals surface area (Å²) in [5, 5.41) is 7.58. The lowest BCUT2D eigenvalue weighted by molar-refractivity contribution is -0.115. The molecule has 1 aromatic carbocycles. The largest absolute Gasteiger partial charge is 0.444 e. The second-order valence-electron chi connectivity index (χ2n) is 9.71. The lowest BCUT2D eigenvalue weighted by Crippen LogP contribution is -2.49. The maximum Gasteiger partial charge on any atom is 0.407 e. The van der Waals surface area contributed by atoms with E-state index in [1.807, 2.05) is 45.0 Å². The fourth-order valence-electron chi connectivity index (χ4n) is 4.62. The van der Waals surface area contributed by atoms with E-state index in [2.05, 4.69) is 15.6 Å². The van der Waals surface area contributed by atoms with E-state index in [1.54, 1.807) is 0 Å². The van der Waals surface area contributed by atoms with Crippen molar-refractivity contribution in [3.05, 3.63) is 29.4 Å². The number of fused-ring (bicyclic) bond motifs is 1. The Morgan fingerprint density at radius 1 is 1.32 bits per heavy atom. The molecule has 1 saturated heterocycles. The van der Waals surface area contributed by atoms with E-state index in [4.69, 9.17) is 26.8 Å². The number of aromatic nitrogens is 1. The van der Waals surface area contributed by atoms with Crippen molar-refractivity contribution in [1.29, 1.82) is 0 Å². The quantitative estimate of drug-likeness (QED) is 0.574. The van der Waals surface area contributed by atoms with Gasteiger partial charge in [-0.25, -0.2) is 9.78 Å². The molecule has 2 fully saturated rings. The van der Waals surface area contributed by atoms with Gasteiger partial charge in [-0.15, -0.1) is 0 Å². The number of carbonyl (C=O) groups excluding carboxylic acids is 1. The molecule has 4 rings (SSSR count). The van der Waals surface area contributed by atoms with Crippen LogP contribution in [0.15, 0.2) is 24.3 Å². The summed E-state index contributed by atoms with van der Waals surface area (Å²) in [6.45, 7) is 6.88. The Bertz CT molecular complexity index is 969. The minimum absolute atomic E-state index is 0.0594. The highest BCUT2D eigenvalue weighted by atomic mass is 35.5. The van der Waals surface area contributed by atoms with Crippen molar-refractivity contribution in [3.8, 4) is 0 Å². The molecule has 2 aromatic rings. The SMILES string of the molecule is CC(C)(C)OC(=O)NCC1CC2(CCC(CNc3c(N)c(Cl)nc4ccccc34)O2)C1. The third-order valence-electron chi connectivity index (χ3n) is 5.98. The number of rotatable bonds is 5. The summed E-state index contributed by atoms with van der Waals surface area (Å²) in [5.41, 5.74) is 7.75. The normalized spacial score (nSPS) is 25.4. The third-order valence-corrected chi connectivity index (χ3v) is 6.27. The van der Waals surface area contributed by atoms with E-state index in [1.165, 1.54) is 0 Å². The number of nitrogens with zero attached hydrogens (tertiary/aromatic N) is 1. The van der Waals surface area contributed by atoms with Gasteiger partial charge in [-0.2, -0.15) is 0 Å². The summed E-state index contributed by atoms with van der Waals surface area (Å²) in [5.74, 6) is 0.429. The molecule has 1 aromatic heterocycles. The number of nitrogens with two attached hydrogens (primary N) is 1. The van der Waals surface area contributed by atoms with E-state index < -0.39 is 5.60 Å². The van der Waals surface area contributed by atoms with Gasteiger partial charge >= 0.3 is 6.09 Å². The number of amides is 1. The molecule has 0 bridgehead atoms. The number of anilines is 2. The Morgan fingerprint density at radius 2 is 2.06 bits per heavy atom. The second-order valence-corrected chi connectivity index (χ2v) is 10.1. The van der Waals surface area contributed by atoms with Gasteiger partial charge in [0.1, 0.15) is 5.60 Å². The Kier molecular flexibility index (Phi) is 5.92. The molecule has 1 saturated carbocycles. The van der Waals surface area contributed by atoms with E-state index >= 15 is 0 Å². The monoisotopic (exact) mass is 446 g/mol. The third kappa shape index (κ3) is 4.99. The van der Waals surface area contributed by atoms with Crippen molar-refractivity contribution in [2.75, 3.05) is 24.1 Å². The molecule has 4 N–H and O–H groups in total. The summed E-state index contributed by atoms with van der Waals surface area (Å²) in [6.07, 6.45) is 3.72. The first-order valence-corrected chi connectivity index (χ1v) is 11.2. The zero-order chi connectivity index (χ0) is 22.2. The first kappa shape index (κ1) is 22.0. The lowest BCUT2D eigenvalue weighted by atomic mass is 9.69. The van der Waals surface area contributed by atoms with Crippen molar-refractivity contribution in [1.82, 2.24) is 10.3 Å². The Morgan fingerprint density at radius 3 is 2.81 bits per heavy atom. The fraction of sp³-hybridized carbons (Fsp3) is 0.565. The van der Waals surface area contributed by atoms with Gasteiger partial charge in [-0.3, -0.25) is 0 Å². The van der Waals surface area contributed by atoms with Crippen LogP contribution in [0.1, 0.15) is 46.5 Å². The van der Waals surface area contributed by atoms with Gasteiger partial charge in [0.2, 0.25) is 0 Å². The van der Waals surface area contributed by atoms with E-state index in [0.29, 0.717) is 29.8 Å². The van der Waals surface area contributed by atoms with Crippen molar-refractivity contribution in [2.45, 2.75) is 63.8 Å². The van der Waals surface area contributed by atoms with Gasteiger partial charge < -0.3 is 25.8 Å². The molecule has 31 heavy (non-hydrogen) atoms. The molecule has 2 heterocycles. The van der Waals surface area contributed by atoms with E-state index in [9.17, 15) is 4.79 Å². The Balaban J connectivity index is 1.27. The molecule has 1 unspecified atom stereocenters. The highest BCUT2D eigenvalue weighted by Crippen LogP contribution is 2.49. The predicted molar refractivity (Wildman–Crippen MR) is 123 cm³/mol. The van der Waals surface area contributed by atoms with Crippen LogP contribution in [-0.2, 0) is 9.47 Å². The summed E-state index contributed by atoms with van der Waals surface area (Å²) in [7, 11) is 0. The molecule has 1 spiro atoms. The van der Waals surface area contributed by atoms with Crippen molar-refractivity contribution < 1.29 is 14.3 Å². The number of hydrogen-bond donors (Lipinski definition) is 3. The topological polar surface area (TPSA) is 98.5 Å². The van der Waals surface area contributed by atoms with Crippen LogP contribution < -0.4 is 16.4 Å². The second kappa shape index (κ2) is 8.36. The van der Waals surface area contributed by atoms with E-state index in [-0.39, 0.29) is 17.8 Å². The smallest absolute Gasteiger partial charge is 0.407 e. The fourth-order valence-corrected chi connectivity index (χ4v) is 4.81. The maximum absolute atomic E-state index is 11.8. The maximum atomic E-state index is 11.8. The Labute approximate surface area is 188 Å². The molecule has 1 atom stereocenters. The number of halogens is 1.